The number of aliphatic hydroxyl groups excluding tert-OH is 1. The first-order chi connectivity index (χ1) is 12.1. The minimum atomic E-state index is -4.06. The normalized spacial score (nSPS) is 13.9. The van der Waals surface area contributed by atoms with Gasteiger partial charge in [-0.2, -0.15) is 4.72 Å². The number of anilines is 1. The van der Waals surface area contributed by atoms with Gasteiger partial charge in [0.25, 0.3) is 0 Å². The van der Waals surface area contributed by atoms with Crippen LogP contribution >= 0.6 is 11.6 Å². The number of halogens is 2. The van der Waals surface area contributed by atoms with Crippen LogP contribution in [-0.4, -0.2) is 31.6 Å². The summed E-state index contributed by atoms with van der Waals surface area (Å²) < 4.78 is 40.8. The van der Waals surface area contributed by atoms with Gasteiger partial charge in [0.15, 0.2) is 0 Å². The van der Waals surface area contributed by atoms with Gasteiger partial charge in [-0.15, -0.1) is 0 Å². The van der Waals surface area contributed by atoms with Crippen molar-refractivity contribution in [1.82, 2.24) is 4.72 Å². The van der Waals surface area contributed by atoms with E-state index in [2.05, 4.69) is 10.0 Å². The van der Waals surface area contributed by atoms with Gasteiger partial charge in [-0.25, -0.2) is 12.8 Å². The smallest absolute Gasteiger partial charge is 0.245 e. The molecule has 0 saturated heterocycles. The molecule has 0 bridgehead atoms. The Kier molecular flexibility index (Phi) is 6.35. The van der Waals surface area contributed by atoms with Gasteiger partial charge in [0, 0.05) is 5.02 Å². The van der Waals surface area contributed by atoms with E-state index in [1.165, 1.54) is 31.2 Å². The first-order valence-corrected chi connectivity index (χ1v) is 9.49. The number of hydrogen-bond acceptors (Lipinski definition) is 4. The fourth-order valence-corrected chi connectivity index (χ4v) is 3.55. The fourth-order valence-electron chi connectivity index (χ4n) is 2.13. The summed E-state index contributed by atoms with van der Waals surface area (Å²) in [6.45, 7) is 3.05. The van der Waals surface area contributed by atoms with E-state index < -0.39 is 33.9 Å². The summed E-state index contributed by atoms with van der Waals surface area (Å²) in [5.41, 5.74) is 0.687. The second-order valence-corrected chi connectivity index (χ2v) is 7.92. The molecule has 3 N–H and O–H groups in total. The van der Waals surface area contributed by atoms with E-state index in [1.807, 2.05) is 0 Å². The molecule has 0 aliphatic rings. The third kappa shape index (κ3) is 5.01. The minimum Gasteiger partial charge on any atom is -0.391 e. The summed E-state index contributed by atoms with van der Waals surface area (Å²) in [5.74, 6) is -1.69. The van der Waals surface area contributed by atoms with Gasteiger partial charge >= 0.3 is 0 Å². The maximum absolute atomic E-state index is 13.8. The van der Waals surface area contributed by atoms with Gasteiger partial charge in [-0.3, -0.25) is 4.79 Å². The van der Waals surface area contributed by atoms with Crippen molar-refractivity contribution in [2.24, 2.45) is 0 Å². The Balaban J connectivity index is 2.22. The lowest BCUT2D eigenvalue weighted by molar-refractivity contribution is -0.119. The highest BCUT2D eigenvalue weighted by atomic mass is 35.5. The summed E-state index contributed by atoms with van der Waals surface area (Å²) in [6.07, 6.45) is -1.36. The molecule has 2 aromatic rings. The maximum Gasteiger partial charge on any atom is 0.245 e. The predicted molar refractivity (Wildman–Crippen MR) is 97.0 cm³/mol. The topological polar surface area (TPSA) is 95.5 Å². The van der Waals surface area contributed by atoms with E-state index in [0.29, 0.717) is 0 Å². The van der Waals surface area contributed by atoms with Crippen LogP contribution in [0.25, 0.3) is 0 Å². The number of hydrogen-bond donors (Lipinski definition) is 3. The van der Waals surface area contributed by atoms with Crippen molar-refractivity contribution in [3.05, 3.63) is 58.9 Å². The highest BCUT2D eigenvalue weighted by molar-refractivity contribution is 7.89. The lowest BCUT2D eigenvalue weighted by atomic mass is 10.2. The number of sulfonamides is 1. The van der Waals surface area contributed by atoms with E-state index in [9.17, 15) is 22.7 Å². The number of amides is 1. The van der Waals surface area contributed by atoms with E-state index >= 15 is 0 Å². The lowest BCUT2D eigenvalue weighted by Crippen LogP contribution is -2.50. The van der Waals surface area contributed by atoms with Crippen molar-refractivity contribution in [2.75, 3.05) is 5.32 Å². The van der Waals surface area contributed by atoms with Crippen LogP contribution in [0.3, 0.4) is 0 Å². The minimum absolute atomic E-state index is 0.0563. The number of rotatable bonds is 6. The van der Waals surface area contributed by atoms with Crippen LogP contribution in [0.2, 0.25) is 5.02 Å². The van der Waals surface area contributed by atoms with Crippen LogP contribution < -0.4 is 10.0 Å². The van der Waals surface area contributed by atoms with Crippen LogP contribution in [-0.2, 0) is 14.8 Å². The van der Waals surface area contributed by atoms with E-state index in [1.54, 1.807) is 19.1 Å². The molecule has 26 heavy (non-hydrogen) atoms. The SMILES string of the molecule is Cc1ccc(S(=O)(=O)NC(C(=O)Nc2ccc(Cl)cc2F)C(C)O)cc1. The van der Waals surface area contributed by atoms with Crippen LogP contribution in [0, 0.1) is 12.7 Å². The molecule has 0 saturated carbocycles. The van der Waals surface area contributed by atoms with Crippen molar-refractivity contribution in [1.29, 1.82) is 0 Å². The fraction of sp³-hybridized carbons (Fsp3) is 0.235. The molecule has 0 aromatic heterocycles. The molecule has 1 amide bonds. The lowest BCUT2D eigenvalue weighted by Gasteiger charge is -2.21. The zero-order valence-corrected chi connectivity index (χ0v) is 15.6. The first kappa shape index (κ1) is 20.3. The number of aryl methyl sites for hydroxylation is 1. The van der Waals surface area contributed by atoms with Crippen LogP contribution in [0.5, 0.6) is 0 Å². The molecule has 2 aromatic carbocycles. The summed E-state index contributed by atoms with van der Waals surface area (Å²) in [6, 6.07) is 8.07. The molecule has 0 aliphatic carbocycles. The molecule has 0 heterocycles. The number of nitrogens with one attached hydrogen (secondary N) is 2. The molecule has 9 heteroatoms. The van der Waals surface area contributed by atoms with Gasteiger partial charge in [0.05, 0.1) is 16.7 Å². The largest absolute Gasteiger partial charge is 0.391 e. The molecular formula is C17H18ClFN2O4S. The Morgan fingerprint density at radius 3 is 2.35 bits per heavy atom. The Morgan fingerprint density at radius 2 is 1.81 bits per heavy atom. The first-order valence-electron chi connectivity index (χ1n) is 7.63. The average Bonchev–Trinajstić information content (AvgIpc) is 2.55. The highest BCUT2D eigenvalue weighted by Gasteiger charge is 2.30. The molecule has 0 spiro atoms. The van der Waals surface area contributed by atoms with Crippen molar-refractivity contribution in [3.63, 3.8) is 0 Å². The van der Waals surface area contributed by atoms with E-state index in [-0.39, 0.29) is 15.6 Å². The van der Waals surface area contributed by atoms with Crippen molar-refractivity contribution >= 4 is 33.2 Å². The van der Waals surface area contributed by atoms with Crippen LogP contribution in [0.15, 0.2) is 47.4 Å². The average molecular weight is 401 g/mol. The van der Waals surface area contributed by atoms with Gasteiger partial charge in [-0.1, -0.05) is 29.3 Å². The Bertz CT molecular complexity index is 901. The third-order valence-electron chi connectivity index (χ3n) is 3.57. The molecular weight excluding hydrogens is 383 g/mol. The molecule has 0 radical (unpaired) electrons. The Morgan fingerprint density at radius 1 is 1.19 bits per heavy atom. The van der Waals surface area contributed by atoms with Crippen molar-refractivity contribution < 1.29 is 22.7 Å². The summed E-state index contributed by atoms with van der Waals surface area (Å²) in [7, 11) is -4.06. The summed E-state index contributed by atoms with van der Waals surface area (Å²) in [5, 5.41) is 12.2. The molecule has 2 atom stereocenters. The van der Waals surface area contributed by atoms with Crippen molar-refractivity contribution in [3.8, 4) is 0 Å². The number of carbonyl (C=O) groups excluding carboxylic acids is 1. The summed E-state index contributed by atoms with van der Waals surface area (Å²) >= 11 is 5.65. The Labute approximate surface area is 156 Å². The quantitative estimate of drug-likeness (QED) is 0.694. The number of benzene rings is 2. The molecule has 0 fully saturated rings. The van der Waals surface area contributed by atoms with E-state index in [4.69, 9.17) is 11.6 Å². The Hall–Kier alpha value is -2.00. The maximum atomic E-state index is 13.8. The van der Waals surface area contributed by atoms with Gasteiger partial charge < -0.3 is 10.4 Å². The highest BCUT2D eigenvalue weighted by Crippen LogP contribution is 2.19. The second kappa shape index (κ2) is 8.13. The third-order valence-corrected chi connectivity index (χ3v) is 5.26. The standard InChI is InChI=1S/C17H18ClFN2O4S/c1-10-3-6-13(7-4-10)26(24,25)21-16(11(2)22)17(23)20-15-8-5-12(18)9-14(15)19/h3-9,11,16,21-22H,1-2H3,(H,20,23). The van der Waals surface area contributed by atoms with Crippen LogP contribution in [0.4, 0.5) is 10.1 Å². The monoisotopic (exact) mass is 400 g/mol. The predicted octanol–water partition coefficient (Wildman–Crippen LogP) is 2.45. The van der Waals surface area contributed by atoms with Gasteiger partial charge in [0.1, 0.15) is 11.9 Å². The molecule has 0 aliphatic heterocycles. The van der Waals surface area contributed by atoms with E-state index in [0.717, 1.165) is 11.6 Å². The van der Waals surface area contributed by atoms with Crippen molar-refractivity contribution in [2.45, 2.75) is 30.9 Å². The molecule has 2 unspecified atom stereocenters. The van der Waals surface area contributed by atoms with Crippen LogP contribution in [0.1, 0.15) is 12.5 Å². The zero-order valence-electron chi connectivity index (χ0n) is 14.0. The number of carbonyl (C=O) groups is 1. The van der Waals surface area contributed by atoms with Gasteiger partial charge in [-0.05, 0) is 44.2 Å². The second-order valence-electron chi connectivity index (χ2n) is 5.77. The summed E-state index contributed by atoms with van der Waals surface area (Å²) in [4.78, 5) is 12.3. The zero-order chi connectivity index (χ0) is 19.5. The molecule has 2 rings (SSSR count). The molecule has 6 nitrogen and oxygen atoms in total. The van der Waals surface area contributed by atoms with Gasteiger partial charge in [0.2, 0.25) is 15.9 Å². The number of aliphatic hydroxyl groups is 1. The molecule has 140 valence electrons.